The lowest BCUT2D eigenvalue weighted by molar-refractivity contribution is -0.122. The fourth-order valence-electron chi connectivity index (χ4n) is 3.83. The number of aliphatic hydroxyl groups is 1. The van der Waals surface area contributed by atoms with Crippen molar-refractivity contribution in [3.8, 4) is 5.75 Å². The van der Waals surface area contributed by atoms with Crippen molar-refractivity contribution in [2.45, 2.75) is 31.4 Å². The average molecular weight is 376 g/mol. The minimum absolute atomic E-state index is 0.0483. The Bertz CT molecular complexity index is 982. The molecule has 1 aliphatic rings. The molecule has 4 rings (SSSR count). The van der Waals surface area contributed by atoms with Crippen LogP contribution in [0.15, 0.2) is 60.8 Å². The number of ether oxygens (including phenoxy) is 1. The number of pyridine rings is 1. The maximum absolute atomic E-state index is 12.8. The summed E-state index contributed by atoms with van der Waals surface area (Å²) in [7, 11) is 1.61. The zero-order chi connectivity index (χ0) is 19.5. The normalized spacial score (nSPS) is 19.6. The highest BCUT2D eigenvalue weighted by atomic mass is 16.5. The molecule has 0 radical (unpaired) electrons. The van der Waals surface area contributed by atoms with Gasteiger partial charge in [0, 0.05) is 11.6 Å². The van der Waals surface area contributed by atoms with E-state index in [2.05, 4.69) is 16.4 Å². The summed E-state index contributed by atoms with van der Waals surface area (Å²) in [4.78, 5) is 17.3. The van der Waals surface area contributed by atoms with Crippen LogP contribution >= 0.6 is 0 Å². The van der Waals surface area contributed by atoms with E-state index in [4.69, 9.17) is 4.74 Å². The maximum atomic E-state index is 12.8. The Morgan fingerprint density at radius 2 is 2.04 bits per heavy atom. The number of rotatable bonds is 6. The number of carbonyl (C=O) groups is 1. The summed E-state index contributed by atoms with van der Waals surface area (Å²) in [5, 5.41) is 14.0. The molecule has 5 nitrogen and oxygen atoms in total. The van der Waals surface area contributed by atoms with E-state index in [1.165, 1.54) is 0 Å². The van der Waals surface area contributed by atoms with E-state index in [1.807, 2.05) is 54.7 Å². The Kier molecular flexibility index (Phi) is 5.26. The molecular formula is C23H24N2O3. The van der Waals surface area contributed by atoms with E-state index < -0.39 is 0 Å². The molecule has 1 saturated carbocycles. The predicted molar refractivity (Wildman–Crippen MR) is 108 cm³/mol. The highest BCUT2D eigenvalue weighted by Crippen LogP contribution is 2.38. The standard InChI is InChI=1S/C23H24N2O3/c1-28-20-7-4-5-15(9-20)10-22(27)25-23(17-12-19(26)13-17)18-11-16-6-2-3-8-21(16)24-14-18/h2-9,11,14,17,19,23,26H,10,12-13H2,1H3,(H,25,27). The summed E-state index contributed by atoms with van der Waals surface area (Å²) >= 11 is 0. The lowest BCUT2D eigenvalue weighted by atomic mass is 9.75. The zero-order valence-electron chi connectivity index (χ0n) is 15.8. The predicted octanol–water partition coefficient (Wildman–Crippen LogP) is 3.41. The molecule has 0 aliphatic heterocycles. The van der Waals surface area contributed by atoms with Gasteiger partial charge in [0.25, 0.3) is 0 Å². The fraction of sp³-hybridized carbons (Fsp3) is 0.304. The van der Waals surface area contributed by atoms with Crippen molar-refractivity contribution < 1.29 is 14.6 Å². The van der Waals surface area contributed by atoms with E-state index in [0.29, 0.717) is 12.8 Å². The molecule has 1 amide bonds. The first kappa shape index (κ1) is 18.4. The molecule has 5 heteroatoms. The van der Waals surface area contributed by atoms with E-state index >= 15 is 0 Å². The van der Waals surface area contributed by atoms with Gasteiger partial charge in [-0.25, -0.2) is 0 Å². The molecule has 2 N–H and O–H groups in total. The molecule has 28 heavy (non-hydrogen) atoms. The summed E-state index contributed by atoms with van der Waals surface area (Å²) in [6.45, 7) is 0. The third-order valence-electron chi connectivity index (χ3n) is 5.41. The van der Waals surface area contributed by atoms with Crippen LogP contribution in [0.1, 0.15) is 30.0 Å². The number of nitrogens with one attached hydrogen (secondary N) is 1. The van der Waals surface area contributed by atoms with Crippen LogP contribution in [0.5, 0.6) is 5.75 Å². The quantitative estimate of drug-likeness (QED) is 0.692. The molecule has 0 bridgehead atoms. The van der Waals surface area contributed by atoms with Gasteiger partial charge in [0.05, 0.1) is 31.2 Å². The number of aromatic nitrogens is 1. The van der Waals surface area contributed by atoms with Crippen LogP contribution in [-0.4, -0.2) is 29.2 Å². The molecule has 1 unspecified atom stereocenters. The first-order valence-electron chi connectivity index (χ1n) is 9.57. The molecule has 3 aromatic rings. The van der Waals surface area contributed by atoms with E-state index in [9.17, 15) is 9.90 Å². The van der Waals surface area contributed by atoms with Crippen LogP contribution in [0.25, 0.3) is 10.9 Å². The largest absolute Gasteiger partial charge is 0.497 e. The van der Waals surface area contributed by atoms with Gasteiger partial charge >= 0.3 is 0 Å². The number of fused-ring (bicyclic) bond motifs is 1. The maximum Gasteiger partial charge on any atom is 0.224 e. The third kappa shape index (κ3) is 3.99. The van der Waals surface area contributed by atoms with Gasteiger partial charge in [0.2, 0.25) is 5.91 Å². The van der Waals surface area contributed by atoms with Crippen LogP contribution in [0.2, 0.25) is 0 Å². The topological polar surface area (TPSA) is 71.5 Å². The van der Waals surface area contributed by atoms with Gasteiger partial charge in [-0.15, -0.1) is 0 Å². The van der Waals surface area contributed by atoms with Crippen molar-refractivity contribution >= 4 is 16.8 Å². The smallest absolute Gasteiger partial charge is 0.224 e. The minimum Gasteiger partial charge on any atom is -0.497 e. The summed E-state index contributed by atoms with van der Waals surface area (Å²) in [5.74, 6) is 0.905. The first-order valence-corrected chi connectivity index (χ1v) is 9.57. The van der Waals surface area contributed by atoms with Gasteiger partial charge in [0.1, 0.15) is 5.75 Å². The molecule has 144 valence electrons. The van der Waals surface area contributed by atoms with Gasteiger partial charge in [-0.1, -0.05) is 30.3 Å². The van der Waals surface area contributed by atoms with Crippen molar-refractivity contribution in [1.82, 2.24) is 10.3 Å². The number of hydrogen-bond acceptors (Lipinski definition) is 4. The molecule has 1 fully saturated rings. The second kappa shape index (κ2) is 7.98. The number of carbonyl (C=O) groups excluding carboxylic acids is 1. The highest BCUT2D eigenvalue weighted by Gasteiger charge is 2.35. The van der Waals surface area contributed by atoms with E-state index in [-0.39, 0.29) is 30.4 Å². The summed E-state index contributed by atoms with van der Waals surface area (Å²) in [6, 6.07) is 17.4. The van der Waals surface area contributed by atoms with E-state index in [0.717, 1.165) is 27.8 Å². The average Bonchev–Trinajstić information content (AvgIpc) is 2.69. The minimum atomic E-state index is -0.281. The number of para-hydroxylation sites is 1. The Morgan fingerprint density at radius 3 is 2.82 bits per heavy atom. The summed E-state index contributed by atoms with van der Waals surface area (Å²) < 4.78 is 5.24. The second-order valence-electron chi connectivity index (χ2n) is 7.42. The van der Waals surface area contributed by atoms with Crippen molar-refractivity contribution in [2.24, 2.45) is 5.92 Å². The van der Waals surface area contributed by atoms with Crippen molar-refractivity contribution in [1.29, 1.82) is 0 Å². The van der Waals surface area contributed by atoms with Crippen LogP contribution in [0, 0.1) is 5.92 Å². The van der Waals surface area contributed by atoms with E-state index in [1.54, 1.807) is 7.11 Å². The molecule has 0 spiro atoms. The summed E-state index contributed by atoms with van der Waals surface area (Å²) in [6.07, 6.45) is 3.22. The second-order valence-corrected chi connectivity index (χ2v) is 7.42. The molecule has 1 aliphatic carbocycles. The van der Waals surface area contributed by atoms with Gasteiger partial charge in [-0.2, -0.15) is 0 Å². The Labute approximate surface area is 164 Å². The van der Waals surface area contributed by atoms with Crippen LogP contribution in [-0.2, 0) is 11.2 Å². The van der Waals surface area contributed by atoms with Crippen LogP contribution in [0.4, 0.5) is 0 Å². The number of nitrogens with zero attached hydrogens (tertiary/aromatic N) is 1. The molecule has 0 saturated heterocycles. The molecule has 1 heterocycles. The van der Waals surface area contributed by atoms with Gasteiger partial charge in [-0.3, -0.25) is 9.78 Å². The lowest BCUT2D eigenvalue weighted by Crippen LogP contribution is -2.41. The lowest BCUT2D eigenvalue weighted by Gasteiger charge is -2.38. The number of aliphatic hydroxyl groups excluding tert-OH is 1. The van der Waals surface area contributed by atoms with Crippen molar-refractivity contribution in [3.05, 3.63) is 71.9 Å². The Hall–Kier alpha value is -2.92. The Balaban J connectivity index is 1.54. The summed E-state index contributed by atoms with van der Waals surface area (Å²) in [5.41, 5.74) is 2.82. The molecular weight excluding hydrogens is 352 g/mol. The van der Waals surface area contributed by atoms with Gasteiger partial charge in [0.15, 0.2) is 0 Å². The van der Waals surface area contributed by atoms with Gasteiger partial charge < -0.3 is 15.2 Å². The van der Waals surface area contributed by atoms with Crippen molar-refractivity contribution in [3.63, 3.8) is 0 Å². The third-order valence-corrected chi connectivity index (χ3v) is 5.41. The zero-order valence-corrected chi connectivity index (χ0v) is 15.8. The number of amides is 1. The fourth-order valence-corrected chi connectivity index (χ4v) is 3.83. The van der Waals surface area contributed by atoms with Crippen molar-refractivity contribution in [2.75, 3.05) is 7.11 Å². The van der Waals surface area contributed by atoms with Gasteiger partial charge in [-0.05, 0) is 54.2 Å². The van der Waals surface area contributed by atoms with Crippen LogP contribution in [0.3, 0.4) is 0 Å². The van der Waals surface area contributed by atoms with Crippen LogP contribution < -0.4 is 10.1 Å². The monoisotopic (exact) mass is 376 g/mol. The Morgan fingerprint density at radius 1 is 1.21 bits per heavy atom. The highest BCUT2D eigenvalue weighted by molar-refractivity contribution is 5.81. The number of hydrogen-bond donors (Lipinski definition) is 2. The SMILES string of the molecule is COc1cccc(CC(=O)NC(c2cnc3ccccc3c2)C2CC(O)C2)c1. The molecule has 1 aromatic heterocycles. The number of methoxy groups -OCH3 is 1. The molecule has 1 atom stereocenters. The first-order chi connectivity index (χ1) is 13.6. The number of benzene rings is 2. The molecule has 2 aromatic carbocycles.